The van der Waals surface area contributed by atoms with Crippen LogP contribution in [-0.2, 0) is 10.0 Å². The van der Waals surface area contributed by atoms with Gasteiger partial charge in [0.25, 0.3) is 15.9 Å². The van der Waals surface area contributed by atoms with Crippen molar-refractivity contribution in [2.75, 3.05) is 4.72 Å². The number of benzene rings is 3. The molecular weight excluding hydrogens is 390 g/mol. The molecule has 0 aliphatic rings. The van der Waals surface area contributed by atoms with E-state index in [9.17, 15) is 18.3 Å². The van der Waals surface area contributed by atoms with Gasteiger partial charge >= 0.3 is 0 Å². The Bertz CT molecular complexity index is 1120. The number of aromatic hydroxyl groups is 1. The highest BCUT2D eigenvalue weighted by Gasteiger charge is 2.14. The molecule has 7 nitrogen and oxygen atoms in total. The summed E-state index contributed by atoms with van der Waals surface area (Å²) in [4.78, 5) is 12.3. The Balaban J connectivity index is 1.62. The van der Waals surface area contributed by atoms with Crippen molar-refractivity contribution in [1.29, 1.82) is 0 Å². The average molecular weight is 409 g/mol. The van der Waals surface area contributed by atoms with Crippen molar-refractivity contribution in [3.8, 4) is 5.75 Å². The van der Waals surface area contributed by atoms with E-state index in [0.717, 1.165) is 5.56 Å². The zero-order valence-corrected chi connectivity index (χ0v) is 16.3. The van der Waals surface area contributed by atoms with Gasteiger partial charge < -0.3 is 5.11 Å². The minimum absolute atomic E-state index is 0.143. The van der Waals surface area contributed by atoms with Crippen molar-refractivity contribution in [2.24, 2.45) is 5.10 Å². The monoisotopic (exact) mass is 409 g/mol. The summed E-state index contributed by atoms with van der Waals surface area (Å²) in [7, 11) is -3.70. The molecule has 148 valence electrons. The number of nitrogens with one attached hydrogen (secondary N) is 2. The maximum atomic E-state index is 12.4. The standard InChI is InChI=1S/C21H19N3O4S/c1-15-2-12-20(13-3-15)29(27,28)24-18-8-6-17(7-9-18)21(26)23-22-14-16-4-10-19(25)11-5-16/h2-14,24-25H,1H3,(H,23,26). The Morgan fingerprint density at radius 1 is 0.931 bits per heavy atom. The van der Waals surface area contributed by atoms with Gasteiger partial charge in [-0.25, -0.2) is 13.8 Å². The first-order valence-corrected chi connectivity index (χ1v) is 10.1. The zero-order chi connectivity index (χ0) is 20.9. The van der Waals surface area contributed by atoms with E-state index in [1.165, 1.54) is 54.7 Å². The first-order chi connectivity index (χ1) is 13.8. The van der Waals surface area contributed by atoms with Gasteiger partial charge in [0.2, 0.25) is 0 Å². The van der Waals surface area contributed by atoms with Crippen molar-refractivity contribution < 1.29 is 18.3 Å². The quantitative estimate of drug-likeness (QED) is 0.429. The third kappa shape index (κ3) is 5.43. The van der Waals surface area contributed by atoms with Crippen molar-refractivity contribution >= 4 is 27.8 Å². The van der Waals surface area contributed by atoms with Gasteiger partial charge in [0.15, 0.2) is 0 Å². The summed E-state index contributed by atoms with van der Waals surface area (Å²) in [6.07, 6.45) is 1.45. The number of phenolic OH excluding ortho intramolecular Hbond substituents is 1. The van der Waals surface area contributed by atoms with Crippen molar-refractivity contribution in [3.05, 3.63) is 89.5 Å². The molecule has 0 unspecified atom stereocenters. The van der Waals surface area contributed by atoms with Crippen LogP contribution >= 0.6 is 0 Å². The van der Waals surface area contributed by atoms with Gasteiger partial charge in [-0.1, -0.05) is 17.7 Å². The summed E-state index contributed by atoms with van der Waals surface area (Å²) in [6.45, 7) is 1.88. The lowest BCUT2D eigenvalue weighted by Crippen LogP contribution is -2.18. The number of hydrogen-bond donors (Lipinski definition) is 3. The molecule has 3 rings (SSSR count). The van der Waals surface area contributed by atoms with Gasteiger partial charge in [-0.3, -0.25) is 9.52 Å². The second-order valence-electron chi connectivity index (χ2n) is 6.29. The van der Waals surface area contributed by atoms with Crippen LogP contribution in [0.2, 0.25) is 0 Å². The van der Waals surface area contributed by atoms with Gasteiger partial charge in [-0.2, -0.15) is 5.10 Å². The number of phenols is 1. The molecule has 0 bridgehead atoms. The summed E-state index contributed by atoms with van der Waals surface area (Å²) in [6, 6.07) is 18.9. The van der Waals surface area contributed by atoms with E-state index in [4.69, 9.17) is 0 Å². The Hall–Kier alpha value is -3.65. The highest BCUT2D eigenvalue weighted by molar-refractivity contribution is 7.92. The number of hydrogen-bond acceptors (Lipinski definition) is 5. The molecule has 3 N–H and O–H groups in total. The van der Waals surface area contributed by atoms with Gasteiger partial charge in [0, 0.05) is 11.3 Å². The molecule has 0 aliphatic carbocycles. The Labute approximate surface area is 168 Å². The SMILES string of the molecule is Cc1ccc(S(=O)(=O)Nc2ccc(C(=O)NN=Cc3ccc(O)cc3)cc2)cc1. The Morgan fingerprint density at radius 2 is 1.55 bits per heavy atom. The van der Waals surface area contributed by atoms with E-state index in [-0.39, 0.29) is 10.6 Å². The van der Waals surface area contributed by atoms with E-state index in [2.05, 4.69) is 15.2 Å². The predicted molar refractivity (Wildman–Crippen MR) is 112 cm³/mol. The summed E-state index contributed by atoms with van der Waals surface area (Å²) in [5, 5.41) is 13.1. The average Bonchev–Trinajstić information content (AvgIpc) is 2.70. The molecule has 0 atom stereocenters. The molecule has 0 heterocycles. The summed E-state index contributed by atoms with van der Waals surface area (Å²) in [5.74, 6) is -0.294. The van der Waals surface area contributed by atoms with E-state index in [1.807, 2.05) is 6.92 Å². The third-order valence-corrected chi connectivity index (χ3v) is 5.40. The van der Waals surface area contributed by atoms with Crippen LogP contribution in [0.4, 0.5) is 5.69 Å². The van der Waals surface area contributed by atoms with Crippen LogP contribution in [0.25, 0.3) is 0 Å². The smallest absolute Gasteiger partial charge is 0.271 e. The fourth-order valence-corrected chi connectivity index (χ4v) is 3.47. The van der Waals surface area contributed by atoms with Gasteiger partial charge in [0.1, 0.15) is 5.75 Å². The molecule has 0 aliphatic heterocycles. The van der Waals surface area contributed by atoms with Gasteiger partial charge in [-0.15, -0.1) is 0 Å². The lowest BCUT2D eigenvalue weighted by atomic mass is 10.2. The Morgan fingerprint density at radius 3 is 2.17 bits per heavy atom. The number of nitrogens with zero attached hydrogens (tertiary/aromatic N) is 1. The Kier molecular flexibility index (Phi) is 5.94. The summed E-state index contributed by atoms with van der Waals surface area (Å²) < 4.78 is 27.3. The van der Waals surface area contributed by atoms with Crippen LogP contribution in [0, 0.1) is 6.92 Å². The van der Waals surface area contributed by atoms with Crippen LogP contribution in [-0.4, -0.2) is 25.6 Å². The lowest BCUT2D eigenvalue weighted by Gasteiger charge is -2.09. The number of sulfonamides is 1. The second-order valence-corrected chi connectivity index (χ2v) is 7.97. The fourth-order valence-electron chi connectivity index (χ4n) is 2.41. The molecule has 0 saturated carbocycles. The second kappa shape index (κ2) is 8.57. The number of aryl methyl sites for hydroxylation is 1. The minimum Gasteiger partial charge on any atom is -0.508 e. The van der Waals surface area contributed by atoms with Crippen LogP contribution < -0.4 is 10.1 Å². The zero-order valence-electron chi connectivity index (χ0n) is 15.5. The van der Waals surface area contributed by atoms with E-state index in [1.54, 1.807) is 24.3 Å². The van der Waals surface area contributed by atoms with Crippen molar-refractivity contribution in [1.82, 2.24) is 5.43 Å². The largest absolute Gasteiger partial charge is 0.508 e. The predicted octanol–water partition coefficient (Wildman–Crippen LogP) is 3.27. The molecule has 0 radical (unpaired) electrons. The van der Waals surface area contributed by atoms with E-state index >= 15 is 0 Å². The number of anilines is 1. The highest BCUT2D eigenvalue weighted by Crippen LogP contribution is 2.17. The molecule has 1 amide bonds. The number of carbonyl (C=O) groups is 1. The normalized spacial score (nSPS) is 11.3. The molecule has 0 spiro atoms. The topological polar surface area (TPSA) is 108 Å². The van der Waals surface area contributed by atoms with E-state index < -0.39 is 15.9 Å². The number of hydrazone groups is 1. The van der Waals surface area contributed by atoms with Gasteiger partial charge in [-0.05, 0) is 73.2 Å². The number of carbonyl (C=O) groups excluding carboxylic acids is 1. The molecular formula is C21H19N3O4S. The van der Waals surface area contributed by atoms with Crippen LogP contribution in [0.3, 0.4) is 0 Å². The maximum Gasteiger partial charge on any atom is 0.271 e. The molecule has 0 saturated heterocycles. The van der Waals surface area contributed by atoms with E-state index in [0.29, 0.717) is 16.8 Å². The molecule has 29 heavy (non-hydrogen) atoms. The molecule has 0 fully saturated rings. The van der Waals surface area contributed by atoms with Crippen molar-refractivity contribution in [2.45, 2.75) is 11.8 Å². The van der Waals surface area contributed by atoms with Crippen LogP contribution in [0.15, 0.2) is 82.8 Å². The first kappa shape index (κ1) is 20.1. The third-order valence-electron chi connectivity index (χ3n) is 4.00. The van der Waals surface area contributed by atoms with Gasteiger partial charge in [0.05, 0.1) is 11.1 Å². The number of amides is 1. The van der Waals surface area contributed by atoms with Crippen LogP contribution in [0.1, 0.15) is 21.5 Å². The molecule has 3 aromatic carbocycles. The molecule has 3 aromatic rings. The first-order valence-electron chi connectivity index (χ1n) is 8.65. The summed E-state index contributed by atoms with van der Waals surface area (Å²) in [5.41, 5.74) is 4.73. The fraction of sp³-hybridized carbons (Fsp3) is 0.0476. The lowest BCUT2D eigenvalue weighted by molar-refractivity contribution is 0.0955. The van der Waals surface area contributed by atoms with Crippen molar-refractivity contribution in [3.63, 3.8) is 0 Å². The van der Waals surface area contributed by atoms with Crippen LogP contribution in [0.5, 0.6) is 5.75 Å². The number of rotatable bonds is 6. The molecule has 8 heteroatoms. The minimum atomic E-state index is -3.70. The maximum absolute atomic E-state index is 12.4. The highest BCUT2D eigenvalue weighted by atomic mass is 32.2. The molecule has 0 aromatic heterocycles. The summed E-state index contributed by atoms with van der Waals surface area (Å²) >= 11 is 0.